The van der Waals surface area contributed by atoms with Crippen LogP contribution in [0.25, 0.3) is 43.1 Å². The SMILES string of the molecule is c1ccc2c(c1)ccc1cc(Nc3cc4ccccc4c4ccccc34)ccc12. The fourth-order valence-electron chi connectivity index (χ4n) is 4.40. The lowest BCUT2D eigenvalue weighted by Crippen LogP contribution is -1.93. The van der Waals surface area contributed by atoms with Gasteiger partial charge in [0.1, 0.15) is 0 Å². The van der Waals surface area contributed by atoms with E-state index in [4.69, 9.17) is 0 Å². The van der Waals surface area contributed by atoms with Crippen LogP contribution in [-0.2, 0) is 0 Å². The lowest BCUT2D eigenvalue weighted by Gasteiger charge is -2.14. The Kier molecular flexibility index (Phi) is 3.54. The molecule has 1 heteroatoms. The number of benzene rings is 6. The van der Waals surface area contributed by atoms with Gasteiger partial charge in [-0.25, -0.2) is 0 Å². The molecule has 6 aromatic rings. The predicted octanol–water partition coefficient (Wildman–Crippen LogP) is 8.04. The van der Waals surface area contributed by atoms with Gasteiger partial charge in [0, 0.05) is 16.8 Å². The summed E-state index contributed by atoms with van der Waals surface area (Å²) in [5.74, 6) is 0. The Balaban J connectivity index is 1.52. The molecular weight excluding hydrogens is 350 g/mol. The van der Waals surface area contributed by atoms with Crippen LogP contribution in [0.3, 0.4) is 0 Å². The summed E-state index contributed by atoms with van der Waals surface area (Å²) < 4.78 is 0. The van der Waals surface area contributed by atoms with E-state index in [0.717, 1.165) is 11.4 Å². The van der Waals surface area contributed by atoms with Gasteiger partial charge in [-0.1, -0.05) is 91.0 Å². The molecule has 0 bridgehead atoms. The van der Waals surface area contributed by atoms with Crippen molar-refractivity contribution in [3.05, 3.63) is 109 Å². The Morgan fingerprint density at radius 3 is 1.76 bits per heavy atom. The quantitative estimate of drug-likeness (QED) is 0.304. The van der Waals surface area contributed by atoms with E-state index < -0.39 is 0 Å². The lowest BCUT2D eigenvalue weighted by atomic mass is 9.99. The van der Waals surface area contributed by atoms with Crippen LogP contribution in [0, 0.1) is 0 Å². The Morgan fingerprint density at radius 1 is 0.379 bits per heavy atom. The lowest BCUT2D eigenvalue weighted by molar-refractivity contribution is 1.61. The van der Waals surface area contributed by atoms with Crippen LogP contribution in [0.4, 0.5) is 11.4 Å². The Morgan fingerprint density at radius 2 is 0.931 bits per heavy atom. The van der Waals surface area contributed by atoms with E-state index in [0.29, 0.717) is 0 Å². The zero-order chi connectivity index (χ0) is 19.2. The van der Waals surface area contributed by atoms with Gasteiger partial charge in [-0.05, 0) is 55.9 Å². The minimum atomic E-state index is 1.10. The van der Waals surface area contributed by atoms with Gasteiger partial charge in [-0.2, -0.15) is 0 Å². The number of hydrogen-bond acceptors (Lipinski definition) is 1. The summed E-state index contributed by atoms with van der Waals surface area (Å²) in [5.41, 5.74) is 2.24. The van der Waals surface area contributed by atoms with Crippen molar-refractivity contribution >= 4 is 54.5 Å². The maximum absolute atomic E-state index is 3.68. The van der Waals surface area contributed by atoms with Crippen LogP contribution in [-0.4, -0.2) is 0 Å². The van der Waals surface area contributed by atoms with Gasteiger partial charge in [-0.3, -0.25) is 0 Å². The molecule has 0 saturated heterocycles. The van der Waals surface area contributed by atoms with Gasteiger partial charge >= 0.3 is 0 Å². The first-order valence-electron chi connectivity index (χ1n) is 9.96. The first kappa shape index (κ1) is 16.1. The summed E-state index contributed by atoms with van der Waals surface area (Å²) >= 11 is 0. The molecule has 136 valence electrons. The summed E-state index contributed by atoms with van der Waals surface area (Å²) in [4.78, 5) is 0. The molecule has 0 radical (unpaired) electrons. The normalized spacial score (nSPS) is 11.4. The van der Waals surface area contributed by atoms with Crippen molar-refractivity contribution in [1.29, 1.82) is 0 Å². The molecule has 0 saturated carbocycles. The summed E-state index contributed by atoms with van der Waals surface area (Å²) in [5, 5.41) is 13.9. The van der Waals surface area contributed by atoms with Crippen LogP contribution in [0.2, 0.25) is 0 Å². The second-order valence-electron chi connectivity index (χ2n) is 7.54. The van der Waals surface area contributed by atoms with Gasteiger partial charge in [0.15, 0.2) is 0 Å². The minimum absolute atomic E-state index is 1.10. The van der Waals surface area contributed by atoms with Gasteiger partial charge < -0.3 is 5.32 Å². The van der Waals surface area contributed by atoms with E-state index in [1.165, 1.54) is 43.1 Å². The molecule has 0 amide bonds. The average molecular weight is 369 g/mol. The second-order valence-corrected chi connectivity index (χ2v) is 7.54. The van der Waals surface area contributed by atoms with E-state index in [1.54, 1.807) is 0 Å². The molecule has 29 heavy (non-hydrogen) atoms. The number of fused-ring (bicyclic) bond motifs is 6. The smallest absolute Gasteiger partial charge is 0.0470 e. The van der Waals surface area contributed by atoms with Crippen LogP contribution in [0.15, 0.2) is 109 Å². The molecule has 6 rings (SSSR count). The van der Waals surface area contributed by atoms with Crippen molar-refractivity contribution < 1.29 is 0 Å². The summed E-state index contributed by atoms with van der Waals surface area (Å²) in [7, 11) is 0. The van der Waals surface area contributed by atoms with Gasteiger partial charge in [0.2, 0.25) is 0 Å². The molecule has 0 aliphatic rings. The monoisotopic (exact) mass is 369 g/mol. The third-order valence-electron chi connectivity index (χ3n) is 5.79. The number of nitrogens with one attached hydrogen (secondary N) is 1. The van der Waals surface area contributed by atoms with Gasteiger partial charge in [0.25, 0.3) is 0 Å². The molecular formula is C28H19N. The maximum atomic E-state index is 3.68. The molecule has 0 aromatic heterocycles. The summed E-state index contributed by atoms with van der Waals surface area (Å²) in [6.45, 7) is 0. The highest BCUT2D eigenvalue weighted by Crippen LogP contribution is 2.34. The van der Waals surface area contributed by atoms with Gasteiger partial charge in [-0.15, -0.1) is 0 Å². The molecule has 0 aliphatic heterocycles. The third kappa shape index (κ3) is 2.63. The molecule has 0 unspecified atom stereocenters. The van der Waals surface area contributed by atoms with Crippen LogP contribution >= 0.6 is 0 Å². The predicted molar refractivity (Wildman–Crippen MR) is 126 cm³/mol. The second kappa shape index (κ2) is 6.35. The highest BCUT2D eigenvalue weighted by Gasteiger charge is 2.07. The van der Waals surface area contributed by atoms with E-state index in [1.807, 2.05) is 0 Å². The number of anilines is 2. The van der Waals surface area contributed by atoms with Crippen molar-refractivity contribution in [3.8, 4) is 0 Å². The zero-order valence-electron chi connectivity index (χ0n) is 15.9. The Bertz CT molecular complexity index is 1530. The minimum Gasteiger partial charge on any atom is -0.355 e. The van der Waals surface area contributed by atoms with Crippen LogP contribution in [0.1, 0.15) is 0 Å². The first-order valence-corrected chi connectivity index (χ1v) is 9.96. The zero-order valence-corrected chi connectivity index (χ0v) is 15.9. The summed E-state index contributed by atoms with van der Waals surface area (Å²) in [6.07, 6.45) is 0. The number of rotatable bonds is 2. The third-order valence-corrected chi connectivity index (χ3v) is 5.79. The highest BCUT2D eigenvalue weighted by molar-refractivity contribution is 6.14. The maximum Gasteiger partial charge on any atom is 0.0470 e. The van der Waals surface area contributed by atoms with Crippen molar-refractivity contribution in [3.63, 3.8) is 0 Å². The topological polar surface area (TPSA) is 12.0 Å². The fraction of sp³-hybridized carbons (Fsp3) is 0. The summed E-state index contributed by atoms with van der Waals surface area (Å²) in [6, 6.07) is 39.1. The molecule has 0 atom stereocenters. The Labute approximate surface area is 169 Å². The van der Waals surface area contributed by atoms with E-state index in [9.17, 15) is 0 Å². The molecule has 1 N–H and O–H groups in total. The molecule has 0 fully saturated rings. The van der Waals surface area contributed by atoms with Crippen molar-refractivity contribution in [1.82, 2.24) is 0 Å². The average Bonchev–Trinajstić information content (AvgIpc) is 2.79. The largest absolute Gasteiger partial charge is 0.355 e. The molecule has 1 nitrogen and oxygen atoms in total. The molecule has 0 spiro atoms. The molecule has 0 aliphatic carbocycles. The first-order chi connectivity index (χ1) is 14.4. The Hall–Kier alpha value is -3.84. The van der Waals surface area contributed by atoms with Crippen molar-refractivity contribution in [2.75, 3.05) is 5.32 Å². The fourth-order valence-corrected chi connectivity index (χ4v) is 4.40. The number of hydrogen-bond donors (Lipinski definition) is 1. The van der Waals surface area contributed by atoms with E-state index in [-0.39, 0.29) is 0 Å². The molecule has 6 aromatic carbocycles. The van der Waals surface area contributed by atoms with Crippen LogP contribution in [0.5, 0.6) is 0 Å². The van der Waals surface area contributed by atoms with E-state index in [2.05, 4.69) is 115 Å². The van der Waals surface area contributed by atoms with Crippen molar-refractivity contribution in [2.45, 2.75) is 0 Å². The van der Waals surface area contributed by atoms with Crippen molar-refractivity contribution in [2.24, 2.45) is 0 Å². The van der Waals surface area contributed by atoms with E-state index >= 15 is 0 Å². The molecule has 0 heterocycles. The van der Waals surface area contributed by atoms with Crippen LogP contribution < -0.4 is 5.32 Å². The standard InChI is InChI=1S/C28H19N/c1-3-9-23-19(7-1)13-14-21-17-22(15-16-25(21)23)29-28-18-20-8-2-4-10-24(20)26-11-5-6-12-27(26)28/h1-18,29H. The highest BCUT2D eigenvalue weighted by atomic mass is 14.9. The van der Waals surface area contributed by atoms with Gasteiger partial charge in [0.05, 0.1) is 0 Å².